The molecule has 4 heteroatoms. The van der Waals surface area contributed by atoms with E-state index in [-0.39, 0.29) is 11.2 Å². The Morgan fingerprint density at radius 1 is 1.15 bits per heavy atom. The van der Waals surface area contributed by atoms with E-state index >= 15 is 0 Å². The molecule has 1 aromatic rings. The molecule has 1 aliphatic rings. The SMILES string of the molecule is OB(O)c1ccc2c(c1O)CCC2. The van der Waals surface area contributed by atoms with Gasteiger partial charge in [0.1, 0.15) is 5.75 Å². The minimum atomic E-state index is -1.58. The van der Waals surface area contributed by atoms with Crippen molar-refractivity contribution < 1.29 is 15.2 Å². The second-order valence-electron chi connectivity index (χ2n) is 3.37. The number of rotatable bonds is 1. The molecular weight excluding hydrogens is 167 g/mol. The molecule has 13 heavy (non-hydrogen) atoms. The second kappa shape index (κ2) is 3.05. The molecule has 2 rings (SSSR count). The normalized spacial score (nSPS) is 14.3. The van der Waals surface area contributed by atoms with Gasteiger partial charge in [-0.1, -0.05) is 12.1 Å². The molecular formula is C9H11BO3. The van der Waals surface area contributed by atoms with Crippen molar-refractivity contribution >= 4 is 12.6 Å². The number of aromatic hydroxyl groups is 1. The third-order valence-electron chi connectivity index (χ3n) is 2.56. The summed E-state index contributed by atoms with van der Waals surface area (Å²) in [5.41, 5.74) is 2.22. The van der Waals surface area contributed by atoms with E-state index in [2.05, 4.69) is 0 Å². The molecule has 0 bridgehead atoms. The number of phenols is 1. The molecule has 0 spiro atoms. The zero-order valence-electron chi connectivity index (χ0n) is 7.20. The van der Waals surface area contributed by atoms with Gasteiger partial charge in [-0.25, -0.2) is 0 Å². The van der Waals surface area contributed by atoms with Crippen molar-refractivity contribution in [2.24, 2.45) is 0 Å². The maximum Gasteiger partial charge on any atom is 0.492 e. The Labute approximate surface area is 76.8 Å². The van der Waals surface area contributed by atoms with Gasteiger partial charge in [0, 0.05) is 5.46 Å². The molecule has 3 N–H and O–H groups in total. The predicted molar refractivity (Wildman–Crippen MR) is 50.0 cm³/mol. The number of hydrogen-bond acceptors (Lipinski definition) is 3. The molecule has 0 fully saturated rings. The molecule has 0 saturated carbocycles. The molecule has 3 nitrogen and oxygen atoms in total. The van der Waals surface area contributed by atoms with Crippen LogP contribution in [0.15, 0.2) is 12.1 Å². The van der Waals surface area contributed by atoms with Crippen LogP contribution in [0.3, 0.4) is 0 Å². The lowest BCUT2D eigenvalue weighted by molar-refractivity contribution is 0.419. The van der Waals surface area contributed by atoms with E-state index in [1.165, 1.54) is 0 Å². The van der Waals surface area contributed by atoms with Gasteiger partial charge in [0.05, 0.1) is 0 Å². The van der Waals surface area contributed by atoms with Gasteiger partial charge in [0.25, 0.3) is 0 Å². The smallest absolute Gasteiger partial charge is 0.492 e. The van der Waals surface area contributed by atoms with E-state index in [1.807, 2.05) is 6.07 Å². The standard InChI is InChI=1S/C9H11BO3/c11-9-7-3-1-2-6(7)4-5-8(9)10(12)13/h4-5,11-13H,1-3H2. The van der Waals surface area contributed by atoms with Crippen molar-refractivity contribution in [2.75, 3.05) is 0 Å². The van der Waals surface area contributed by atoms with Gasteiger partial charge in [0.15, 0.2) is 0 Å². The van der Waals surface area contributed by atoms with Crippen molar-refractivity contribution in [1.82, 2.24) is 0 Å². The highest BCUT2D eigenvalue weighted by molar-refractivity contribution is 6.59. The fraction of sp³-hybridized carbons (Fsp3) is 0.333. The van der Waals surface area contributed by atoms with E-state index in [4.69, 9.17) is 10.0 Å². The van der Waals surface area contributed by atoms with Gasteiger partial charge in [0.2, 0.25) is 0 Å². The Morgan fingerprint density at radius 3 is 2.62 bits per heavy atom. The third kappa shape index (κ3) is 1.32. The molecule has 0 aliphatic heterocycles. The number of benzene rings is 1. The molecule has 68 valence electrons. The van der Waals surface area contributed by atoms with Crippen LogP contribution in [-0.2, 0) is 12.8 Å². The zero-order valence-corrected chi connectivity index (χ0v) is 7.20. The topological polar surface area (TPSA) is 60.7 Å². The van der Waals surface area contributed by atoms with Crippen LogP contribution in [0, 0.1) is 0 Å². The van der Waals surface area contributed by atoms with Crippen LogP contribution in [-0.4, -0.2) is 22.3 Å². The first-order chi connectivity index (χ1) is 6.20. The van der Waals surface area contributed by atoms with Crippen LogP contribution in [0.5, 0.6) is 5.75 Å². The van der Waals surface area contributed by atoms with Crippen LogP contribution in [0.1, 0.15) is 17.5 Å². The Balaban J connectivity index is 2.52. The fourth-order valence-electron chi connectivity index (χ4n) is 1.87. The summed E-state index contributed by atoms with van der Waals surface area (Å²) >= 11 is 0. The van der Waals surface area contributed by atoms with Crippen molar-refractivity contribution in [3.05, 3.63) is 23.3 Å². The predicted octanol–water partition coefficient (Wildman–Crippen LogP) is -0.439. The van der Waals surface area contributed by atoms with Gasteiger partial charge < -0.3 is 15.2 Å². The van der Waals surface area contributed by atoms with E-state index in [1.54, 1.807) is 6.07 Å². The summed E-state index contributed by atoms with van der Waals surface area (Å²) in [6.07, 6.45) is 2.85. The quantitative estimate of drug-likeness (QED) is 0.511. The first-order valence-electron chi connectivity index (χ1n) is 4.40. The lowest BCUT2D eigenvalue weighted by Crippen LogP contribution is -2.30. The molecule has 0 aromatic heterocycles. The van der Waals surface area contributed by atoms with Crippen LogP contribution >= 0.6 is 0 Å². The van der Waals surface area contributed by atoms with E-state index in [0.717, 1.165) is 30.4 Å². The van der Waals surface area contributed by atoms with Crippen molar-refractivity contribution in [1.29, 1.82) is 0 Å². The van der Waals surface area contributed by atoms with E-state index in [9.17, 15) is 5.11 Å². The second-order valence-corrected chi connectivity index (χ2v) is 3.37. The molecule has 0 atom stereocenters. The summed E-state index contributed by atoms with van der Waals surface area (Å²) in [5.74, 6) is 0.0602. The van der Waals surface area contributed by atoms with Gasteiger partial charge in [-0.05, 0) is 30.4 Å². The largest absolute Gasteiger partial charge is 0.508 e. The van der Waals surface area contributed by atoms with E-state index < -0.39 is 7.12 Å². The monoisotopic (exact) mass is 178 g/mol. The minimum Gasteiger partial charge on any atom is -0.508 e. The highest BCUT2D eigenvalue weighted by atomic mass is 16.4. The van der Waals surface area contributed by atoms with Gasteiger partial charge in [-0.15, -0.1) is 0 Å². The highest BCUT2D eigenvalue weighted by Gasteiger charge is 2.22. The molecule has 1 aliphatic carbocycles. The highest BCUT2D eigenvalue weighted by Crippen LogP contribution is 2.28. The van der Waals surface area contributed by atoms with Gasteiger partial charge in [-0.3, -0.25) is 0 Å². The minimum absolute atomic E-state index is 0.0602. The molecule has 0 unspecified atom stereocenters. The fourth-order valence-corrected chi connectivity index (χ4v) is 1.87. The van der Waals surface area contributed by atoms with Crippen molar-refractivity contribution in [2.45, 2.75) is 19.3 Å². The molecule has 0 amide bonds. The van der Waals surface area contributed by atoms with Gasteiger partial charge in [-0.2, -0.15) is 0 Å². The number of fused-ring (bicyclic) bond motifs is 1. The zero-order chi connectivity index (χ0) is 9.42. The third-order valence-corrected chi connectivity index (χ3v) is 2.56. The lowest BCUT2D eigenvalue weighted by Gasteiger charge is -2.07. The number of aryl methyl sites for hydroxylation is 1. The van der Waals surface area contributed by atoms with E-state index in [0.29, 0.717) is 0 Å². The Bertz CT molecular complexity index is 336. The maximum absolute atomic E-state index is 9.66. The molecule has 1 aromatic carbocycles. The van der Waals surface area contributed by atoms with Crippen molar-refractivity contribution in [3.8, 4) is 5.75 Å². The summed E-state index contributed by atoms with van der Waals surface area (Å²) in [4.78, 5) is 0. The maximum atomic E-state index is 9.66. The Kier molecular flexibility index (Phi) is 2.02. The van der Waals surface area contributed by atoms with Crippen molar-refractivity contribution in [3.63, 3.8) is 0 Å². The average molecular weight is 178 g/mol. The van der Waals surface area contributed by atoms with Gasteiger partial charge >= 0.3 is 7.12 Å². The first-order valence-corrected chi connectivity index (χ1v) is 4.40. The van der Waals surface area contributed by atoms with Crippen LogP contribution < -0.4 is 5.46 Å². The summed E-state index contributed by atoms with van der Waals surface area (Å²) < 4.78 is 0. The summed E-state index contributed by atoms with van der Waals surface area (Å²) in [7, 11) is -1.58. The average Bonchev–Trinajstić information content (AvgIpc) is 2.52. The summed E-state index contributed by atoms with van der Waals surface area (Å²) in [6.45, 7) is 0. The summed E-state index contributed by atoms with van der Waals surface area (Å²) in [5, 5.41) is 27.5. The lowest BCUT2D eigenvalue weighted by atomic mass is 9.78. The van der Waals surface area contributed by atoms with Crippen LogP contribution in [0.2, 0.25) is 0 Å². The molecule has 0 saturated heterocycles. The Morgan fingerprint density at radius 2 is 1.92 bits per heavy atom. The molecule has 0 heterocycles. The molecule has 0 radical (unpaired) electrons. The van der Waals surface area contributed by atoms with Crippen LogP contribution in [0.4, 0.5) is 0 Å². The first kappa shape index (κ1) is 8.60. The summed E-state index contributed by atoms with van der Waals surface area (Å²) in [6, 6.07) is 3.43. The number of hydrogen-bond donors (Lipinski definition) is 3. The number of phenolic OH excluding ortho intramolecular Hbond substituents is 1. The van der Waals surface area contributed by atoms with Crippen LogP contribution in [0.25, 0.3) is 0 Å². The Hall–Kier alpha value is -0.995.